The van der Waals surface area contributed by atoms with Crippen LogP contribution in [0.1, 0.15) is 36.1 Å². The van der Waals surface area contributed by atoms with Gasteiger partial charge in [-0.25, -0.2) is 9.37 Å². The number of piperidine rings is 1. The lowest BCUT2D eigenvalue weighted by molar-refractivity contribution is 0.301. The van der Waals surface area contributed by atoms with Crippen LogP contribution in [0.3, 0.4) is 0 Å². The summed E-state index contributed by atoms with van der Waals surface area (Å²) in [5, 5.41) is 11.5. The Balaban J connectivity index is 1.54. The average molecular weight is 351 g/mol. The highest BCUT2D eigenvalue weighted by Gasteiger charge is 2.42. The molecule has 6 heteroatoms. The van der Waals surface area contributed by atoms with Gasteiger partial charge in [0.25, 0.3) is 0 Å². The maximum atomic E-state index is 13.2. The molecule has 0 bridgehead atoms. The Bertz CT molecular complexity index is 941. The van der Waals surface area contributed by atoms with E-state index in [1.54, 1.807) is 6.20 Å². The number of nitrogens with one attached hydrogen (secondary N) is 2. The Labute approximate surface area is 151 Å². The molecule has 0 saturated carbocycles. The van der Waals surface area contributed by atoms with Crippen LogP contribution < -0.4 is 10.6 Å². The van der Waals surface area contributed by atoms with Gasteiger partial charge in [-0.1, -0.05) is 12.1 Å². The topological polar surface area (TPSA) is 54.2 Å². The molecule has 1 saturated heterocycles. The second kappa shape index (κ2) is 6.06. The van der Waals surface area contributed by atoms with Gasteiger partial charge in [-0.3, -0.25) is 0 Å². The molecule has 26 heavy (non-hydrogen) atoms. The molecular weight excluding hydrogens is 329 g/mol. The van der Waals surface area contributed by atoms with Gasteiger partial charge in [-0.15, -0.1) is 0 Å². The SMILES string of the molecule is Fc1ccc(CNc2c3c(nc4ccnn24)C2(CCNCC2)CC3)cc1. The van der Waals surface area contributed by atoms with E-state index >= 15 is 0 Å². The van der Waals surface area contributed by atoms with Crippen LogP contribution in [0.4, 0.5) is 10.2 Å². The van der Waals surface area contributed by atoms with E-state index in [1.807, 2.05) is 22.7 Å². The zero-order valence-electron chi connectivity index (χ0n) is 14.6. The van der Waals surface area contributed by atoms with Crippen molar-refractivity contribution in [3.05, 3.63) is 59.2 Å². The molecule has 2 aliphatic rings. The minimum Gasteiger partial charge on any atom is -0.366 e. The number of fused-ring (bicyclic) bond motifs is 3. The van der Waals surface area contributed by atoms with Gasteiger partial charge < -0.3 is 10.6 Å². The van der Waals surface area contributed by atoms with Gasteiger partial charge >= 0.3 is 0 Å². The van der Waals surface area contributed by atoms with Crippen molar-refractivity contribution < 1.29 is 4.39 Å². The quantitative estimate of drug-likeness (QED) is 0.762. The van der Waals surface area contributed by atoms with E-state index in [2.05, 4.69) is 15.7 Å². The smallest absolute Gasteiger partial charge is 0.157 e. The Morgan fingerprint density at radius 3 is 2.73 bits per heavy atom. The van der Waals surface area contributed by atoms with Crippen LogP contribution in [-0.2, 0) is 18.4 Å². The van der Waals surface area contributed by atoms with Crippen LogP contribution in [0.2, 0.25) is 0 Å². The molecule has 3 heterocycles. The largest absolute Gasteiger partial charge is 0.366 e. The minimum absolute atomic E-state index is 0.207. The highest BCUT2D eigenvalue weighted by atomic mass is 19.1. The predicted octanol–water partition coefficient (Wildman–Crippen LogP) is 3.05. The highest BCUT2D eigenvalue weighted by Crippen LogP contribution is 2.46. The second-order valence-electron chi connectivity index (χ2n) is 7.40. The van der Waals surface area contributed by atoms with Gasteiger partial charge in [0.05, 0.1) is 11.9 Å². The Morgan fingerprint density at radius 1 is 1.12 bits per heavy atom. The normalized spacial score (nSPS) is 18.3. The van der Waals surface area contributed by atoms with Crippen LogP contribution in [0.5, 0.6) is 0 Å². The van der Waals surface area contributed by atoms with Gasteiger partial charge in [0.1, 0.15) is 11.6 Å². The molecule has 2 aromatic heterocycles. The fourth-order valence-electron chi connectivity index (χ4n) is 4.50. The standard InChI is InChI=1S/C20H22FN5/c21-15-3-1-14(2-4-15)13-23-19-16-5-7-20(8-11-22-12-9-20)18(16)25-17-6-10-24-26(17)19/h1-4,6,10,22-23H,5,7-9,11-13H2. The first-order chi connectivity index (χ1) is 12.8. The molecule has 134 valence electrons. The van der Waals surface area contributed by atoms with Crippen molar-refractivity contribution in [1.82, 2.24) is 19.9 Å². The van der Waals surface area contributed by atoms with Crippen molar-refractivity contribution in [2.75, 3.05) is 18.4 Å². The minimum atomic E-state index is -0.208. The molecule has 1 aromatic carbocycles. The Hall–Kier alpha value is -2.47. The Morgan fingerprint density at radius 2 is 1.92 bits per heavy atom. The average Bonchev–Trinajstić information content (AvgIpc) is 3.27. The maximum Gasteiger partial charge on any atom is 0.157 e. The third-order valence-electron chi connectivity index (χ3n) is 5.92. The van der Waals surface area contributed by atoms with E-state index in [1.165, 1.54) is 23.4 Å². The molecule has 0 radical (unpaired) electrons. The van der Waals surface area contributed by atoms with Crippen molar-refractivity contribution in [2.45, 2.75) is 37.6 Å². The number of hydrogen-bond donors (Lipinski definition) is 2. The van der Waals surface area contributed by atoms with E-state index in [4.69, 9.17) is 4.98 Å². The van der Waals surface area contributed by atoms with Crippen LogP contribution in [0, 0.1) is 5.82 Å². The number of aromatic nitrogens is 3. The molecule has 0 unspecified atom stereocenters. The summed E-state index contributed by atoms with van der Waals surface area (Å²) in [4.78, 5) is 5.00. The summed E-state index contributed by atoms with van der Waals surface area (Å²) < 4.78 is 15.1. The molecule has 1 fully saturated rings. The van der Waals surface area contributed by atoms with E-state index in [0.717, 1.165) is 55.8 Å². The predicted molar refractivity (Wildman–Crippen MR) is 98.8 cm³/mol. The zero-order valence-corrected chi connectivity index (χ0v) is 14.6. The van der Waals surface area contributed by atoms with Crippen LogP contribution in [-0.4, -0.2) is 27.7 Å². The lowest BCUT2D eigenvalue weighted by atomic mass is 9.77. The van der Waals surface area contributed by atoms with Gasteiger partial charge in [0, 0.05) is 23.6 Å². The van der Waals surface area contributed by atoms with Crippen molar-refractivity contribution in [1.29, 1.82) is 0 Å². The first-order valence-corrected chi connectivity index (χ1v) is 9.31. The molecule has 0 amide bonds. The van der Waals surface area contributed by atoms with E-state index in [-0.39, 0.29) is 11.2 Å². The summed E-state index contributed by atoms with van der Waals surface area (Å²) >= 11 is 0. The Kier molecular flexibility index (Phi) is 3.67. The molecule has 5 rings (SSSR count). The fourth-order valence-corrected chi connectivity index (χ4v) is 4.50. The van der Waals surface area contributed by atoms with Crippen molar-refractivity contribution in [3.63, 3.8) is 0 Å². The number of halogens is 1. The summed E-state index contributed by atoms with van der Waals surface area (Å²) in [6.45, 7) is 2.76. The second-order valence-corrected chi connectivity index (χ2v) is 7.40. The number of nitrogens with zero attached hydrogens (tertiary/aromatic N) is 3. The van der Waals surface area contributed by atoms with Crippen LogP contribution in [0.25, 0.3) is 5.65 Å². The van der Waals surface area contributed by atoms with E-state index in [9.17, 15) is 4.39 Å². The molecule has 2 N–H and O–H groups in total. The monoisotopic (exact) mass is 351 g/mol. The molecule has 1 spiro atoms. The summed E-state index contributed by atoms with van der Waals surface area (Å²) in [5.41, 5.74) is 4.70. The van der Waals surface area contributed by atoms with Gasteiger partial charge in [0.15, 0.2) is 5.65 Å². The molecule has 5 nitrogen and oxygen atoms in total. The third kappa shape index (κ3) is 2.48. The van der Waals surface area contributed by atoms with Gasteiger partial charge in [0.2, 0.25) is 0 Å². The fraction of sp³-hybridized carbons (Fsp3) is 0.400. The van der Waals surface area contributed by atoms with Crippen molar-refractivity contribution in [3.8, 4) is 0 Å². The van der Waals surface area contributed by atoms with Crippen molar-refractivity contribution >= 4 is 11.5 Å². The molecule has 1 aliphatic heterocycles. The van der Waals surface area contributed by atoms with Crippen molar-refractivity contribution in [2.24, 2.45) is 0 Å². The third-order valence-corrected chi connectivity index (χ3v) is 5.92. The highest BCUT2D eigenvalue weighted by molar-refractivity contribution is 5.59. The van der Waals surface area contributed by atoms with Gasteiger partial charge in [-0.05, 0) is 56.5 Å². The summed E-state index contributed by atoms with van der Waals surface area (Å²) in [7, 11) is 0. The van der Waals surface area contributed by atoms with Crippen LogP contribution >= 0.6 is 0 Å². The lowest BCUT2D eigenvalue weighted by Crippen LogP contribution is -2.39. The number of anilines is 1. The first kappa shape index (κ1) is 15.8. The number of benzene rings is 1. The molecular formula is C20H22FN5. The maximum absolute atomic E-state index is 13.2. The van der Waals surface area contributed by atoms with Crippen LogP contribution in [0.15, 0.2) is 36.5 Å². The number of rotatable bonds is 3. The summed E-state index contributed by atoms with van der Waals surface area (Å²) in [6.07, 6.45) is 6.29. The van der Waals surface area contributed by atoms with Gasteiger partial charge in [-0.2, -0.15) is 9.61 Å². The molecule has 3 aromatic rings. The summed E-state index contributed by atoms with van der Waals surface area (Å²) in [6, 6.07) is 8.61. The summed E-state index contributed by atoms with van der Waals surface area (Å²) in [5.74, 6) is 0.829. The zero-order chi connectivity index (χ0) is 17.6. The molecule has 0 atom stereocenters. The van der Waals surface area contributed by atoms with E-state index < -0.39 is 0 Å². The first-order valence-electron chi connectivity index (χ1n) is 9.31. The molecule has 1 aliphatic carbocycles. The lowest BCUT2D eigenvalue weighted by Gasteiger charge is -2.34. The van der Waals surface area contributed by atoms with E-state index in [0.29, 0.717) is 6.54 Å². The number of hydrogen-bond acceptors (Lipinski definition) is 4.